The number of hydrogen-bond donors (Lipinski definition) is 0. The lowest BCUT2D eigenvalue weighted by molar-refractivity contribution is 1.18. The Balaban J connectivity index is 0.979. The van der Waals surface area contributed by atoms with Crippen molar-refractivity contribution < 1.29 is 0 Å². The van der Waals surface area contributed by atoms with Crippen molar-refractivity contribution in [3.05, 3.63) is 231 Å². The van der Waals surface area contributed by atoms with Crippen LogP contribution in [0.2, 0.25) is 0 Å². The first-order valence-electron chi connectivity index (χ1n) is 21.4. The maximum Gasteiger partial charge on any atom is 0.0541 e. The molecule has 0 spiro atoms. The summed E-state index contributed by atoms with van der Waals surface area (Å²) >= 11 is 0. The van der Waals surface area contributed by atoms with E-state index in [1.54, 1.807) is 0 Å². The second-order valence-corrected chi connectivity index (χ2v) is 16.5. The minimum absolute atomic E-state index is 1.15. The van der Waals surface area contributed by atoms with Crippen molar-refractivity contribution in [3.63, 3.8) is 0 Å². The van der Waals surface area contributed by atoms with Gasteiger partial charge in [-0.1, -0.05) is 164 Å². The highest BCUT2D eigenvalue weighted by Gasteiger charge is 2.18. The number of aromatic nitrogens is 2. The molecule has 0 saturated heterocycles. The Bertz CT molecular complexity index is 3810. The van der Waals surface area contributed by atoms with Gasteiger partial charge in [0.25, 0.3) is 0 Å². The molecule has 2 heterocycles. The molecule has 0 bridgehead atoms. The van der Waals surface area contributed by atoms with Gasteiger partial charge in [-0.2, -0.15) is 0 Å². The summed E-state index contributed by atoms with van der Waals surface area (Å²) in [7, 11) is 0. The second-order valence-electron chi connectivity index (χ2n) is 16.5. The molecule has 2 heteroatoms. The average Bonchev–Trinajstić information content (AvgIpc) is 3.86. The SMILES string of the molecule is c1ccc(-c2cc(-c3ccccc3)cc(-n3c4ccccc4c4cc(-c5ccc6c(c5)c5ccccc5n6-c5ccc6c7ccccc7c7ccccc7c6c5)ccc43)c2)cc1. The molecule has 0 atom stereocenters. The van der Waals surface area contributed by atoms with Crippen molar-refractivity contribution in [3.8, 4) is 44.8 Å². The second kappa shape index (κ2) is 13.7. The van der Waals surface area contributed by atoms with Crippen molar-refractivity contribution in [1.29, 1.82) is 0 Å². The van der Waals surface area contributed by atoms with Crippen molar-refractivity contribution in [2.45, 2.75) is 0 Å². The van der Waals surface area contributed by atoms with E-state index in [1.165, 1.54) is 109 Å². The summed E-state index contributed by atoms with van der Waals surface area (Å²) < 4.78 is 4.89. The van der Waals surface area contributed by atoms with E-state index in [9.17, 15) is 0 Å². The van der Waals surface area contributed by atoms with E-state index >= 15 is 0 Å². The summed E-state index contributed by atoms with van der Waals surface area (Å²) in [6.45, 7) is 0. The average molecular weight is 787 g/mol. The molecular weight excluding hydrogens is 749 g/mol. The third-order valence-corrected chi connectivity index (χ3v) is 13.1. The van der Waals surface area contributed by atoms with E-state index in [0.717, 1.165) is 11.4 Å². The van der Waals surface area contributed by atoms with Crippen molar-refractivity contribution >= 4 is 75.9 Å². The minimum atomic E-state index is 1.15. The molecule has 0 aliphatic heterocycles. The zero-order valence-electron chi connectivity index (χ0n) is 33.8. The fourth-order valence-electron chi connectivity index (χ4n) is 10.2. The normalized spacial score (nSPS) is 11.9. The monoisotopic (exact) mass is 786 g/mol. The van der Waals surface area contributed by atoms with Gasteiger partial charge >= 0.3 is 0 Å². The smallest absolute Gasteiger partial charge is 0.0541 e. The van der Waals surface area contributed by atoms with Gasteiger partial charge in [0.1, 0.15) is 0 Å². The van der Waals surface area contributed by atoms with Crippen LogP contribution in [0.3, 0.4) is 0 Å². The lowest BCUT2D eigenvalue weighted by atomic mass is 9.94. The lowest BCUT2D eigenvalue weighted by Gasteiger charge is -2.14. The molecule has 0 saturated carbocycles. The first-order chi connectivity index (χ1) is 30.7. The first-order valence-corrected chi connectivity index (χ1v) is 21.4. The van der Waals surface area contributed by atoms with Gasteiger partial charge in [-0.15, -0.1) is 0 Å². The van der Waals surface area contributed by atoms with Crippen LogP contribution in [0, 0.1) is 0 Å². The van der Waals surface area contributed by atoms with Gasteiger partial charge in [0.2, 0.25) is 0 Å². The highest BCUT2D eigenvalue weighted by Crippen LogP contribution is 2.41. The van der Waals surface area contributed by atoms with E-state index in [4.69, 9.17) is 0 Å². The summed E-state index contributed by atoms with van der Waals surface area (Å²) in [5, 5.41) is 12.7. The zero-order valence-corrected chi connectivity index (χ0v) is 33.8. The Morgan fingerprint density at radius 3 is 1.06 bits per heavy atom. The molecule has 13 aromatic rings. The molecule has 62 heavy (non-hydrogen) atoms. The molecule has 0 radical (unpaired) electrons. The molecule has 2 aromatic heterocycles. The van der Waals surface area contributed by atoms with Crippen molar-refractivity contribution in [2.24, 2.45) is 0 Å². The highest BCUT2D eigenvalue weighted by atomic mass is 15.0. The van der Waals surface area contributed by atoms with Crippen LogP contribution in [0.1, 0.15) is 0 Å². The number of benzene rings is 11. The van der Waals surface area contributed by atoms with Gasteiger partial charge in [0.05, 0.1) is 22.1 Å². The fraction of sp³-hybridized carbons (Fsp3) is 0. The number of para-hydroxylation sites is 2. The highest BCUT2D eigenvalue weighted by molar-refractivity contribution is 6.25. The maximum absolute atomic E-state index is 2.45. The van der Waals surface area contributed by atoms with Crippen LogP contribution in [-0.2, 0) is 0 Å². The first kappa shape index (κ1) is 34.6. The molecule has 13 rings (SSSR count). The van der Waals surface area contributed by atoms with Gasteiger partial charge in [-0.3, -0.25) is 0 Å². The Morgan fingerprint density at radius 2 is 0.565 bits per heavy atom. The molecule has 0 aliphatic rings. The number of rotatable bonds is 5. The topological polar surface area (TPSA) is 9.86 Å². The standard InChI is InChI=1S/C60H38N2/c1-3-15-39(16-4-1)43-33-44(40-17-5-2-6-18-40)35-46(34-43)62-58-26-14-12-24-53(58)56-37-42(28-32-60(56)62)41-27-31-59-55(36-41)52-23-11-13-25-57(52)61(59)45-29-30-51-49-21-8-7-19-47(49)48-20-9-10-22-50(48)54(51)38-45/h1-38H. The van der Waals surface area contributed by atoms with E-state index < -0.39 is 0 Å². The van der Waals surface area contributed by atoms with Crippen LogP contribution in [0.4, 0.5) is 0 Å². The predicted molar refractivity (Wildman–Crippen MR) is 264 cm³/mol. The molecule has 0 fully saturated rings. The van der Waals surface area contributed by atoms with E-state index in [2.05, 4.69) is 240 Å². The number of nitrogens with zero attached hydrogens (tertiary/aromatic N) is 2. The third kappa shape index (κ3) is 5.30. The summed E-state index contributed by atoms with van der Waals surface area (Å²) in [4.78, 5) is 0. The van der Waals surface area contributed by atoms with Gasteiger partial charge < -0.3 is 9.13 Å². The Labute approximate surface area is 358 Å². The van der Waals surface area contributed by atoms with Crippen LogP contribution in [0.5, 0.6) is 0 Å². The predicted octanol–water partition coefficient (Wildman–Crippen LogP) is 16.3. The molecule has 0 aliphatic carbocycles. The molecule has 0 amide bonds. The largest absolute Gasteiger partial charge is 0.309 e. The molecule has 0 N–H and O–H groups in total. The summed E-state index contributed by atoms with van der Waals surface area (Å²) in [6, 6.07) is 84.8. The van der Waals surface area contributed by atoms with Crippen molar-refractivity contribution in [2.75, 3.05) is 0 Å². The summed E-state index contributed by atoms with van der Waals surface area (Å²) in [5.74, 6) is 0. The molecule has 11 aromatic carbocycles. The minimum Gasteiger partial charge on any atom is -0.309 e. The summed E-state index contributed by atoms with van der Waals surface area (Å²) in [5.41, 5.74) is 14.3. The number of fused-ring (bicyclic) bond motifs is 12. The Morgan fingerprint density at radius 1 is 0.177 bits per heavy atom. The Kier molecular flexibility index (Phi) is 7.64. The van der Waals surface area contributed by atoms with E-state index in [1.807, 2.05) is 0 Å². The quantitative estimate of drug-likeness (QED) is 0.154. The van der Waals surface area contributed by atoms with E-state index in [0.29, 0.717) is 0 Å². The fourth-order valence-corrected chi connectivity index (χ4v) is 10.2. The zero-order chi connectivity index (χ0) is 40.7. The Hall–Kier alpha value is -8.20. The van der Waals surface area contributed by atoms with Gasteiger partial charge in [-0.25, -0.2) is 0 Å². The molecule has 0 unspecified atom stereocenters. The maximum atomic E-state index is 2.45. The lowest BCUT2D eigenvalue weighted by Crippen LogP contribution is -1.96. The van der Waals surface area contributed by atoms with Gasteiger partial charge in [-0.05, 0) is 132 Å². The van der Waals surface area contributed by atoms with Crippen LogP contribution in [0.15, 0.2) is 231 Å². The van der Waals surface area contributed by atoms with Crippen LogP contribution in [-0.4, -0.2) is 9.13 Å². The van der Waals surface area contributed by atoms with Crippen LogP contribution < -0.4 is 0 Å². The van der Waals surface area contributed by atoms with Gasteiger partial charge in [0.15, 0.2) is 0 Å². The van der Waals surface area contributed by atoms with Crippen LogP contribution >= 0.6 is 0 Å². The summed E-state index contributed by atoms with van der Waals surface area (Å²) in [6.07, 6.45) is 0. The molecule has 288 valence electrons. The molecule has 2 nitrogen and oxygen atoms in total. The molecular formula is C60H38N2. The van der Waals surface area contributed by atoms with Crippen molar-refractivity contribution in [1.82, 2.24) is 9.13 Å². The van der Waals surface area contributed by atoms with Gasteiger partial charge in [0, 0.05) is 32.9 Å². The third-order valence-electron chi connectivity index (χ3n) is 13.1. The number of hydrogen-bond acceptors (Lipinski definition) is 0. The van der Waals surface area contributed by atoms with Crippen LogP contribution in [0.25, 0.3) is 121 Å². The van der Waals surface area contributed by atoms with E-state index in [-0.39, 0.29) is 0 Å².